The maximum atomic E-state index is 6.46. The van der Waals surface area contributed by atoms with Gasteiger partial charge in [0.1, 0.15) is 23.5 Å². The molecule has 2 aliphatic carbocycles. The Morgan fingerprint density at radius 2 is 1.48 bits per heavy atom. The summed E-state index contributed by atoms with van der Waals surface area (Å²) in [5, 5.41) is 4.66. The molecule has 1 aliphatic heterocycles. The molecule has 8 aromatic rings. The van der Waals surface area contributed by atoms with Crippen LogP contribution in [0.2, 0.25) is 0 Å². The number of furan rings is 1. The van der Waals surface area contributed by atoms with Gasteiger partial charge in [-0.2, -0.15) is 4.58 Å². The van der Waals surface area contributed by atoms with Crippen LogP contribution < -0.4 is 4.74 Å². The van der Waals surface area contributed by atoms with Crippen LogP contribution in [0, 0.1) is 0 Å². The number of hydrogen-bond acceptors (Lipinski definition) is 2. The Morgan fingerprint density at radius 1 is 0.773 bits per heavy atom. The predicted octanol–water partition coefficient (Wildman–Crippen LogP) is 15.4. The standard InChI is InChI=1S/C61H52N3O2/c1-5-7-22-55-42(4)41(3)38-44(43-27-33-60-53(39-43)54-40-47(30-34-61(54)66-60)64-58-25-14-10-20-51(58)52-21-11-15-26-59(52)64)35-36-62(55)45(6-2)17-16-37-65-48-31-28-46(29-32-48)63-56-23-12-8-18-49(56)50-19-9-13-24-57(50)63/h5-8,10-11,13-18,20-22,24-36,38-40H,1,9,12,19,23,37H2,2-4H3/q+1/b17-16-,22-7-,36-35?,41-38+,42-41?,44-35+,44-38?,45-6+,55-42-,62-36?,62-55?. The third kappa shape index (κ3) is 7.18. The van der Waals surface area contributed by atoms with E-state index in [-0.39, 0.29) is 0 Å². The van der Waals surface area contributed by atoms with Gasteiger partial charge in [0.25, 0.3) is 0 Å². The Kier molecular flexibility index (Phi) is 10.7. The van der Waals surface area contributed by atoms with Gasteiger partial charge in [-0.15, -0.1) is 0 Å². The summed E-state index contributed by atoms with van der Waals surface area (Å²) in [4.78, 5) is 0. The van der Waals surface area contributed by atoms with E-state index in [1.54, 1.807) is 0 Å². The van der Waals surface area contributed by atoms with Gasteiger partial charge in [-0.1, -0.05) is 85.5 Å². The normalized spacial score (nSPS) is 18.1. The van der Waals surface area contributed by atoms with Crippen molar-refractivity contribution in [2.24, 2.45) is 0 Å². The lowest BCUT2D eigenvalue weighted by Crippen LogP contribution is -2.13. The monoisotopic (exact) mass is 858 g/mol. The Bertz CT molecular complexity index is 3510. The second-order valence-corrected chi connectivity index (χ2v) is 17.3. The van der Waals surface area contributed by atoms with Crippen LogP contribution in [0.15, 0.2) is 203 Å². The summed E-state index contributed by atoms with van der Waals surface area (Å²) < 4.78 is 19.8. The zero-order valence-corrected chi connectivity index (χ0v) is 37.8. The quantitative estimate of drug-likeness (QED) is 0.101. The Hall–Kier alpha value is -7.89. The molecule has 0 unspecified atom stereocenters. The smallest absolute Gasteiger partial charge is 0.214 e. The van der Waals surface area contributed by atoms with Crippen LogP contribution in [-0.4, -0.2) is 26.5 Å². The average molecular weight is 859 g/mol. The number of aromatic nitrogens is 2. The molecular weight excluding hydrogens is 807 g/mol. The highest BCUT2D eigenvalue weighted by Gasteiger charge is 2.24. The van der Waals surface area contributed by atoms with Crippen LogP contribution in [0.25, 0.3) is 72.8 Å². The van der Waals surface area contributed by atoms with Gasteiger partial charge in [0.15, 0.2) is 6.21 Å². The molecule has 0 spiro atoms. The van der Waals surface area contributed by atoms with E-state index in [9.17, 15) is 0 Å². The molecule has 0 saturated heterocycles. The van der Waals surface area contributed by atoms with Crippen molar-refractivity contribution in [3.05, 3.63) is 227 Å². The van der Waals surface area contributed by atoms with Crippen molar-refractivity contribution in [1.82, 2.24) is 9.13 Å². The van der Waals surface area contributed by atoms with Crippen LogP contribution in [0.4, 0.5) is 0 Å². The first-order valence-electron chi connectivity index (χ1n) is 23.1. The third-order valence-corrected chi connectivity index (χ3v) is 13.5. The predicted molar refractivity (Wildman–Crippen MR) is 277 cm³/mol. The highest BCUT2D eigenvalue weighted by Crippen LogP contribution is 2.38. The number of rotatable bonds is 10. The zero-order valence-electron chi connectivity index (χ0n) is 37.8. The van der Waals surface area contributed by atoms with Crippen LogP contribution in [0.1, 0.15) is 61.7 Å². The molecule has 0 amide bonds. The molecule has 5 aromatic carbocycles. The molecule has 4 heterocycles. The van der Waals surface area contributed by atoms with Crippen molar-refractivity contribution in [1.29, 1.82) is 0 Å². The van der Waals surface area contributed by atoms with Gasteiger partial charge in [0, 0.05) is 68.1 Å². The molecule has 0 bridgehead atoms. The molecular formula is C61H52N3O2+. The average Bonchev–Trinajstić information content (AvgIpc) is 4.02. The highest BCUT2D eigenvalue weighted by molar-refractivity contribution is 6.11. The zero-order chi connectivity index (χ0) is 44.7. The van der Waals surface area contributed by atoms with Crippen molar-refractivity contribution in [2.45, 2.75) is 46.5 Å². The molecule has 0 fully saturated rings. The van der Waals surface area contributed by atoms with Crippen molar-refractivity contribution in [2.75, 3.05) is 6.61 Å². The number of allylic oxidation sites excluding steroid dienone is 12. The second-order valence-electron chi connectivity index (χ2n) is 17.3. The second kappa shape index (κ2) is 17.2. The van der Waals surface area contributed by atoms with Gasteiger partial charge in [-0.3, -0.25) is 0 Å². The minimum absolute atomic E-state index is 0.435. The van der Waals surface area contributed by atoms with Crippen molar-refractivity contribution in [3.63, 3.8) is 0 Å². The van der Waals surface area contributed by atoms with Gasteiger partial charge in [0.05, 0.1) is 11.0 Å². The summed E-state index contributed by atoms with van der Waals surface area (Å²) in [7, 11) is 0. The molecule has 11 rings (SSSR count). The van der Waals surface area contributed by atoms with Crippen LogP contribution in [0.5, 0.6) is 5.75 Å². The van der Waals surface area contributed by atoms with E-state index in [2.05, 4.69) is 217 Å². The first-order valence-corrected chi connectivity index (χ1v) is 23.1. The lowest BCUT2D eigenvalue weighted by molar-refractivity contribution is -0.406. The first kappa shape index (κ1) is 40.9. The Balaban J connectivity index is 0.890. The first-order chi connectivity index (χ1) is 32.5. The lowest BCUT2D eigenvalue weighted by Gasteiger charge is -2.15. The molecule has 322 valence electrons. The molecule has 3 aromatic heterocycles. The minimum Gasteiger partial charge on any atom is -0.490 e. The van der Waals surface area contributed by atoms with Gasteiger partial charge >= 0.3 is 0 Å². The van der Waals surface area contributed by atoms with Crippen molar-refractivity contribution >= 4 is 67.7 Å². The molecule has 0 atom stereocenters. The van der Waals surface area contributed by atoms with Crippen molar-refractivity contribution in [3.8, 4) is 17.1 Å². The summed E-state index contributed by atoms with van der Waals surface area (Å²) in [5.41, 5.74) is 18.7. The molecule has 3 aliphatic rings. The SMILES string of the molecule is C=C\C=C/C1=C(C)/C(C)=C/C(c2ccc3oc4ccc(-n5c6ccccc6c6ccccc65)cc4c3c2)=C\C=[N+]1C(/C=C\COc1ccc(-n2c3c(c4c2CCC=C4)CCC=C3)cc1)=C/C. The maximum absolute atomic E-state index is 6.46. The fourth-order valence-corrected chi connectivity index (χ4v) is 10.1. The molecule has 5 nitrogen and oxygen atoms in total. The summed E-state index contributed by atoms with van der Waals surface area (Å²) in [5.74, 6) is 0.845. The Morgan fingerprint density at radius 3 is 2.26 bits per heavy atom. The van der Waals surface area contributed by atoms with E-state index in [0.717, 1.165) is 81.6 Å². The molecule has 0 saturated carbocycles. The largest absolute Gasteiger partial charge is 0.490 e. The number of benzene rings is 5. The fourth-order valence-electron chi connectivity index (χ4n) is 10.1. The topological polar surface area (TPSA) is 35.2 Å². The van der Waals surface area contributed by atoms with Crippen molar-refractivity contribution < 1.29 is 13.7 Å². The third-order valence-electron chi connectivity index (χ3n) is 13.5. The molecule has 0 radical (unpaired) electrons. The van der Waals surface area contributed by atoms with E-state index in [1.165, 1.54) is 61.2 Å². The summed E-state index contributed by atoms with van der Waals surface area (Å²) in [6.07, 6.45) is 32.6. The molecule has 66 heavy (non-hydrogen) atoms. The fraction of sp³-hybridized carbons (Fsp3) is 0.131. The lowest BCUT2D eigenvalue weighted by atomic mass is 9.96. The number of fused-ring (bicyclic) bond motifs is 9. The number of para-hydroxylation sites is 2. The number of hydrogen-bond donors (Lipinski definition) is 0. The van der Waals surface area contributed by atoms with Crippen LogP contribution in [0.3, 0.4) is 0 Å². The van der Waals surface area contributed by atoms with E-state index >= 15 is 0 Å². The van der Waals surface area contributed by atoms with Gasteiger partial charge in [0.2, 0.25) is 11.4 Å². The molecule has 0 N–H and O–H groups in total. The number of ether oxygens (including phenoxy) is 1. The Labute approximate surface area is 386 Å². The molecule has 5 heteroatoms. The van der Waals surface area contributed by atoms with Crippen LogP contribution in [-0.2, 0) is 12.8 Å². The minimum atomic E-state index is 0.435. The number of nitrogens with zero attached hydrogens (tertiary/aromatic N) is 3. The van der Waals surface area contributed by atoms with Gasteiger partial charge < -0.3 is 18.3 Å². The summed E-state index contributed by atoms with van der Waals surface area (Å²) in [6, 6.07) is 38.9. The van der Waals surface area contributed by atoms with Crippen LogP contribution >= 0.6 is 0 Å². The van der Waals surface area contributed by atoms with Gasteiger partial charge in [-0.25, -0.2) is 0 Å². The maximum Gasteiger partial charge on any atom is 0.214 e. The van der Waals surface area contributed by atoms with E-state index in [1.807, 2.05) is 12.2 Å². The van der Waals surface area contributed by atoms with Gasteiger partial charge in [-0.05, 0) is 159 Å². The summed E-state index contributed by atoms with van der Waals surface area (Å²) >= 11 is 0. The van der Waals surface area contributed by atoms with E-state index in [0.29, 0.717) is 6.61 Å². The highest BCUT2D eigenvalue weighted by atomic mass is 16.5. The van der Waals surface area contributed by atoms with E-state index < -0.39 is 0 Å². The summed E-state index contributed by atoms with van der Waals surface area (Å²) in [6.45, 7) is 10.9. The van der Waals surface area contributed by atoms with E-state index in [4.69, 9.17) is 9.15 Å².